The first-order valence-corrected chi connectivity index (χ1v) is 4.28. The van der Waals surface area contributed by atoms with Crippen LogP contribution < -0.4 is 5.32 Å². The van der Waals surface area contributed by atoms with Crippen molar-refractivity contribution >= 4 is 23.0 Å². The van der Waals surface area contributed by atoms with Gasteiger partial charge in [0.1, 0.15) is 5.75 Å². The number of anilines is 1. The van der Waals surface area contributed by atoms with E-state index in [4.69, 9.17) is 17.3 Å². The fraction of sp³-hybridized carbons (Fsp3) is 0.222. The topological polar surface area (TPSA) is 35.5 Å². The molecule has 2 N–H and O–H groups in total. The molecule has 70 valence electrons. The van der Waals surface area contributed by atoms with Crippen molar-refractivity contribution in [3.05, 3.63) is 24.3 Å². The summed E-state index contributed by atoms with van der Waals surface area (Å²) in [6.45, 7) is 0. The zero-order valence-electron chi connectivity index (χ0n) is 7.61. The Balaban J connectivity index is 2.69. The number of phenols is 1. The minimum absolute atomic E-state index is 0.228. The maximum Gasteiger partial charge on any atom is 0.172 e. The number of rotatable bonds is 1. The van der Waals surface area contributed by atoms with Gasteiger partial charge in [0.15, 0.2) is 5.11 Å². The lowest BCUT2D eigenvalue weighted by Crippen LogP contribution is -2.26. The monoisotopic (exact) mass is 196 g/mol. The van der Waals surface area contributed by atoms with Crippen LogP contribution in [0.2, 0.25) is 0 Å². The van der Waals surface area contributed by atoms with Gasteiger partial charge < -0.3 is 15.3 Å². The average Bonchev–Trinajstić information content (AvgIpc) is 2.04. The molecule has 0 saturated heterocycles. The Hall–Kier alpha value is -1.29. The van der Waals surface area contributed by atoms with E-state index in [1.807, 2.05) is 20.2 Å². The third-order valence-electron chi connectivity index (χ3n) is 1.50. The molecule has 0 radical (unpaired) electrons. The van der Waals surface area contributed by atoms with Gasteiger partial charge in [-0.2, -0.15) is 0 Å². The summed E-state index contributed by atoms with van der Waals surface area (Å²) in [5.74, 6) is 0.228. The van der Waals surface area contributed by atoms with Gasteiger partial charge in [0.2, 0.25) is 0 Å². The van der Waals surface area contributed by atoms with Gasteiger partial charge in [-0.1, -0.05) is 6.07 Å². The Morgan fingerprint density at radius 1 is 1.46 bits per heavy atom. The predicted octanol–water partition coefficient (Wildman–Crippen LogP) is 1.65. The van der Waals surface area contributed by atoms with E-state index in [1.54, 1.807) is 23.1 Å². The first-order valence-electron chi connectivity index (χ1n) is 3.87. The van der Waals surface area contributed by atoms with Gasteiger partial charge in [0.05, 0.1) is 0 Å². The van der Waals surface area contributed by atoms with Crippen LogP contribution >= 0.6 is 12.2 Å². The van der Waals surface area contributed by atoms with Gasteiger partial charge in [-0.3, -0.25) is 0 Å². The summed E-state index contributed by atoms with van der Waals surface area (Å²) in [6.07, 6.45) is 0. The normalized spacial score (nSPS) is 9.38. The van der Waals surface area contributed by atoms with Gasteiger partial charge in [0.25, 0.3) is 0 Å². The average molecular weight is 196 g/mol. The molecule has 3 nitrogen and oxygen atoms in total. The van der Waals surface area contributed by atoms with Crippen LogP contribution in [-0.2, 0) is 0 Å². The summed E-state index contributed by atoms with van der Waals surface area (Å²) in [6, 6.07) is 6.84. The molecule has 0 aliphatic carbocycles. The molecule has 0 unspecified atom stereocenters. The highest BCUT2D eigenvalue weighted by Gasteiger charge is 1.99. The van der Waals surface area contributed by atoms with Crippen molar-refractivity contribution in [2.75, 3.05) is 19.4 Å². The molecule has 0 saturated carbocycles. The third-order valence-corrected chi connectivity index (χ3v) is 1.97. The van der Waals surface area contributed by atoms with E-state index in [1.165, 1.54) is 0 Å². The van der Waals surface area contributed by atoms with E-state index in [9.17, 15) is 0 Å². The van der Waals surface area contributed by atoms with Crippen LogP contribution in [0.25, 0.3) is 0 Å². The van der Waals surface area contributed by atoms with Crippen LogP contribution in [0.3, 0.4) is 0 Å². The third kappa shape index (κ3) is 2.91. The second kappa shape index (κ2) is 4.09. The number of thiocarbonyl (C=S) groups is 1. The molecule has 1 aromatic carbocycles. The highest BCUT2D eigenvalue weighted by atomic mass is 32.1. The smallest absolute Gasteiger partial charge is 0.172 e. The zero-order valence-corrected chi connectivity index (χ0v) is 8.43. The first kappa shape index (κ1) is 9.80. The molecular formula is C9H12N2OS. The Morgan fingerprint density at radius 3 is 2.69 bits per heavy atom. The summed E-state index contributed by atoms with van der Waals surface area (Å²) < 4.78 is 0. The molecule has 1 rings (SSSR count). The molecule has 0 amide bonds. The molecule has 1 aromatic rings. The lowest BCUT2D eigenvalue weighted by Gasteiger charge is -2.15. The van der Waals surface area contributed by atoms with E-state index < -0.39 is 0 Å². The Labute approximate surface area is 83.0 Å². The lowest BCUT2D eigenvalue weighted by atomic mass is 10.3. The number of hydrogen-bond donors (Lipinski definition) is 2. The number of aromatic hydroxyl groups is 1. The zero-order chi connectivity index (χ0) is 9.84. The molecule has 0 bridgehead atoms. The Bertz CT molecular complexity index is 312. The maximum absolute atomic E-state index is 9.17. The van der Waals surface area contributed by atoms with Crippen molar-refractivity contribution in [1.29, 1.82) is 0 Å². The van der Waals surface area contributed by atoms with Crippen LogP contribution in [0.5, 0.6) is 5.75 Å². The van der Waals surface area contributed by atoms with Gasteiger partial charge in [0, 0.05) is 25.8 Å². The first-order chi connectivity index (χ1) is 6.09. The molecule has 0 atom stereocenters. The van der Waals surface area contributed by atoms with Crippen molar-refractivity contribution in [3.63, 3.8) is 0 Å². The van der Waals surface area contributed by atoms with Crippen LogP contribution in [-0.4, -0.2) is 29.2 Å². The fourth-order valence-corrected chi connectivity index (χ4v) is 0.937. The molecule has 0 aromatic heterocycles. The van der Waals surface area contributed by atoms with E-state index >= 15 is 0 Å². The lowest BCUT2D eigenvalue weighted by molar-refractivity contribution is 0.475. The number of benzene rings is 1. The largest absolute Gasteiger partial charge is 0.508 e. The number of phenolic OH excluding ortho intramolecular Hbond substituents is 1. The number of hydrogen-bond acceptors (Lipinski definition) is 2. The second-order valence-electron chi connectivity index (χ2n) is 2.87. The molecule has 4 heteroatoms. The minimum atomic E-state index is 0.228. The summed E-state index contributed by atoms with van der Waals surface area (Å²) in [7, 11) is 3.72. The SMILES string of the molecule is CN(C)C(=S)Nc1cccc(O)c1. The molecular weight excluding hydrogens is 184 g/mol. The number of nitrogens with zero attached hydrogens (tertiary/aromatic N) is 1. The summed E-state index contributed by atoms with van der Waals surface area (Å²) >= 11 is 5.04. The van der Waals surface area contributed by atoms with Crippen molar-refractivity contribution in [1.82, 2.24) is 4.90 Å². The van der Waals surface area contributed by atoms with Crippen LogP contribution in [0.4, 0.5) is 5.69 Å². The molecule has 13 heavy (non-hydrogen) atoms. The summed E-state index contributed by atoms with van der Waals surface area (Å²) in [5.41, 5.74) is 0.790. The summed E-state index contributed by atoms with van der Waals surface area (Å²) in [4.78, 5) is 1.79. The molecule has 0 aliphatic heterocycles. The van der Waals surface area contributed by atoms with Gasteiger partial charge >= 0.3 is 0 Å². The molecule has 0 aliphatic rings. The van der Waals surface area contributed by atoms with Crippen molar-refractivity contribution in [2.24, 2.45) is 0 Å². The van der Waals surface area contributed by atoms with E-state index in [-0.39, 0.29) is 5.75 Å². The second-order valence-corrected chi connectivity index (χ2v) is 3.26. The molecule has 0 spiro atoms. The van der Waals surface area contributed by atoms with E-state index in [0.717, 1.165) is 5.69 Å². The van der Waals surface area contributed by atoms with Gasteiger partial charge in [-0.05, 0) is 24.4 Å². The summed E-state index contributed by atoms with van der Waals surface area (Å²) in [5, 5.41) is 12.8. The molecule has 0 fully saturated rings. The van der Waals surface area contributed by atoms with Crippen molar-refractivity contribution in [3.8, 4) is 5.75 Å². The van der Waals surface area contributed by atoms with Crippen molar-refractivity contribution in [2.45, 2.75) is 0 Å². The number of nitrogens with one attached hydrogen (secondary N) is 1. The predicted molar refractivity (Wildman–Crippen MR) is 58.0 cm³/mol. The van der Waals surface area contributed by atoms with Gasteiger partial charge in [-0.25, -0.2) is 0 Å². The van der Waals surface area contributed by atoms with Crippen LogP contribution in [0.15, 0.2) is 24.3 Å². The fourth-order valence-electron chi connectivity index (χ4n) is 0.819. The quantitative estimate of drug-likeness (QED) is 0.669. The minimum Gasteiger partial charge on any atom is -0.508 e. The molecule has 0 heterocycles. The van der Waals surface area contributed by atoms with E-state index in [0.29, 0.717) is 5.11 Å². The van der Waals surface area contributed by atoms with Crippen molar-refractivity contribution < 1.29 is 5.11 Å². The van der Waals surface area contributed by atoms with Gasteiger partial charge in [-0.15, -0.1) is 0 Å². The Kier molecular flexibility index (Phi) is 3.08. The van der Waals surface area contributed by atoms with Crippen LogP contribution in [0, 0.1) is 0 Å². The standard InChI is InChI=1S/C9H12N2OS/c1-11(2)9(13)10-7-4-3-5-8(12)6-7/h3-6,12H,1-2H3,(H,10,13). The highest BCUT2D eigenvalue weighted by molar-refractivity contribution is 7.80. The maximum atomic E-state index is 9.17. The van der Waals surface area contributed by atoms with E-state index in [2.05, 4.69) is 5.32 Å². The van der Waals surface area contributed by atoms with Crippen LogP contribution in [0.1, 0.15) is 0 Å². The Morgan fingerprint density at radius 2 is 2.15 bits per heavy atom. The highest BCUT2D eigenvalue weighted by Crippen LogP contribution is 2.15.